The average molecular weight is 364 g/mol. The van der Waals surface area contributed by atoms with Crippen LogP contribution >= 0.6 is 0 Å². The third-order valence-electron chi connectivity index (χ3n) is 4.03. The Hall–Kier alpha value is -3.41. The number of ether oxygens (including phenoxy) is 1. The lowest BCUT2D eigenvalue weighted by Crippen LogP contribution is -2.30. The smallest absolute Gasteiger partial charge is 0.361 e. The highest BCUT2D eigenvalue weighted by molar-refractivity contribution is 5.90. The Morgan fingerprint density at radius 2 is 1.67 bits per heavy atom. The molecule has 1 amide bonds. The molecule has 6 nitrogen and oxygen atoms in total. The van der Waals surface area contributed by atoms with E-state index in [1.807, 2.05) is 60.7 Å². The van der Waals surface area contributed by atoms with Crippen LogP contribution in [0.25, 0.3) is 11.5 Å². The first-order valence-corrected chi connectivity index (χ1v) is 8.52. The lowest BCUT2D eigenvalue weighted by Gasteiger charge is -2.17. The summed E-state index contributed by atoms with van der Waals surface area (Å²) in [6.45, 7) is 1.73. The number of aromatic nitrogens is 1. The molecule has 0 aliphatic rings. The number of nitrogens with zero attached hydrogens (tertiary/aromatic N) is 2. The fourth-order valence-corrected chi connectivity index (χ4v) is 2.54. The monoisotopic (exact) mass is 364 g/mol. The maximum Gasteiger partial charge on any atom is 0.361 e. The van der Waals surface area contributed by atoms with Gasteiger partial charge in [-0.25, -0.2) is 9.78 Å². The zero-order valence-electron chi connectivity index (χ0n) is 15.2. The van der Waals surface area contributed by atoms with Crippen LogP contribution in [-0.2, 0) is 16.1 Å². The van der Waals surface area contributed by atoms with Gasteiger partial charge in [0, 0.05) is 19.2 Å². The van der Waals surface area contributed by atoms with Gasteiger partial charge >= 0.3 is 5.97 Å². The molecule has 0 fully saturated rings. The van der Waals surface area contributed by atoms with Gasteiger partial charge in [-0.05, 0) is 24.6 Å². The van der Waals surface area contributed by atoms with Crippen LogP contribution in [0.15, 0.2) is 65.1 Å². The first-order valence-electron chi connectivity index (χ1n) is 8.52. The number of oxazole rings is 1. The summed E-state index contributed by atoms with van der Waals surface area (Å²) in [4.78, 5) is 30.2. The van der Waals surface area contributed by atoms with Crippen molar-refractivity contribution in [1.29, 1.82) is 0 Å². The average Bonchev–Trinajstić information content (AvgIpc) is 3.09. The lowest BCUT2D eigenvalue weighted by atomic mass is 10.2. The first kappa shape index (κ1) is 18.4. The van der Waals surface area contributed by atoms with Gasteiger partial charge in [0.2, 0.25) is 5.89 Å². The largest absolute Gasteiger partial charge is 0.451 e. The summed E-state index contributed by atoms with van der Waals surface area (Å²) in [6, 6.07) is 18.9. The molecule has 6 heteroatoms. The first-order chi connectivity index (χ1) is 13.0. The van der Waals surface area contributed by atoms with E-state index in [0.717, 1.165) is 11.1 Å². The molecule has 27 heavy (non-hydrogen) atoms. The predicted octanol–water partition coefficient (Wildman–Crippen LogP) is 3.47. The second-order valence-corrected chi connectivity index (χ2v) is 6.10. The number of esters is 1. The Labute approximate surface area is 157 Å². The number of likely N-dealkylation sites (N-methyl/N-ethyl adjacent to an activating group) is 1. The van der Waals surface area contributed by atoms with Gasteiger partial charge in [0.15, 0.2) is 12.3 Å². The summed E-state index contributed by atoms with van der Waals surface area (Å²) in [7, 11) is 1.66. The van der Waals surface area contributed by atoms with Gasteiger partial charge < -0.3 is 14.1 Å². The maximum atomic E-state index is 12.3. The van der Waals surface area contributed by atoms with E-state index in [1.165, 1.54) is 4.90 Å². The highest BCUT2D eigenvalue weighted by Crippen LogP contribution is 2.21. The normalized spacial score (nSPS) is 10.4. The molecule has 0 N–H and O–H groups in total. The fourth-order valence-electron chi connectivity index (χ4n) is 2.54. The molecule has 0 spiro atoms. The van der Waals surface area contributed by atoms with Crippen LogP contribution in [0.4, 0.5) is 0 Å². The van der Waals surface area contributed by atoms with Crippen LogP contribution in [-0.4, -0.2) is 35.4 Å². The van der Waals surface area contributed by atoms with Gasteiger partial charge in [-0.1, -0.05) is 48.5 Å². The highest BCUT2D eigenvalue weighted by atomic mass is 16.5. The molecule has 0 saturated heterocycles. The molecule has 0 bridgehead atoms. The summed E-state index contributed by atoms with van der Waals surface area (Å²) >= 11 is 0. The van der Waals surface area contributed by atoms with Gasteiger partial charge in [-0.3, -0.25) is 4.79 Å². The van der Waals surface area contributed by atoms with Crippen LogP contribution in [0.5, 0.6) is 0 Å². The SMILES string of the molecule is Cc1oc(-c2ccccc2)nc1C(=O)OCC(=O)N(C)Cc1ccccc1. The number of hydrogen-bond donors (Lipinski definition) is 0. The summed E-state index contributed by atoms with van der Waals surface area (Å²) in [5, 5.41) is 0. The minimum Gasteiger partial charge on any atom is -0.451 e. The lowest BCUT2D eigenvalue weighted by molar-refractivity contribution is -0.133. The number of benzene rings is 2. The summed E-state index contributed by atoms with van der Waals surface area (Å²) in [6.07, 6.45) is 0. The molecule has 3 rings (SSSR count). The van der Waals surface area contributed by atoms with Crippen molar-refractivity contribution < 1.29 is 18.7 Å². The quantitative estimate of drug-likeness (QED) is 0.626. The van der Waals surface area contributed by atoms with E-state index in [0.29, 0.717) is 18.2 Å². The van der Waals surface area contributed by atoms with Crippen LogP contribution in [0.2, 0.25) is 0 Å². The van der Waals surface area contributed by atoms with Crippen LogP contribution in [0.1, 0.15) is 21.8 Å². The Bertz CT molecular complexity index is 920. The molecule has 1 aromatic heterocycles. The number of aryl methyl sites for hydroxylation is 1. The molecule has 2 aromatic carbocycles. The van der Waals surface area contributed by atoms with Crippen LogP contribution in [0.3, 0.4) is 0 Å². The third-order valence-corrected chi connectivity index (χ3v) is 4.03. The van der Waals surface area contributed by atoms with E-state index in [2.05, 4.69) is 4.98 Å². The number of hydrogen-bond acceptors (Lipinski definition) is 5. The predicted molar refractivity (Wildman–Crippen MR) is 99.9 cm³/mol. The molecule has 0 atom stereocenters. The number of carbonyl (C=O) groups excluding carboxylic acids is 2. The fraction of sp³-hybridized carbons (Fsp3) is 0.190. The minimum absolute atomic E-state index is 0.0763. The van der Waals surface area contributed by atoms with Crippen LogP contribution < -0.4 is 0 Å². The van der Waals surface area contributed by atoms with Crippen molar-refractivity contribution >= 4 is 11.9 Å². The topological polar surface area (TPSA) is 72.6 Å². The minimum atomic E-state index is -0.681. The molecule has 1 heterocycles. The summed E-state index contributed by atoms with van der Waals surface area (Å²) in [5.41, 5.74) is 1.84. The zero-order valence-corrected chi connectivity index (χ0v) is 15.2. The number of rotatable bonds is 6. The van der Waals surface area contributed by atoms with Gasteiger partial charge in [-0.2, -0.15) is 0 Å². The third kappa shape index (κ3) is 4.61. The van der Waals surface area contributed by atoms with Gasteiger partial charge in [0.05, 0.1) is 0 Å². The molecule has 0 saturated carbocycles. The van der Waals surface area contributed by atoms with Crippen molar-refractivity contribution in [2.24, 2.45) is 0 Å². The molecular weight excluding hydrogens is 344 g/mol. The molecule has 138 valence electrons. The van der Waals surface area contributed by atoms with Crippen molar-refractivity contribution in [3.05, 3.63) is 77.7 Å². The van der Waals surface area contributed by atoms with Gasteiger partial charge in [0.25, 0.3) is 5.91 Å². The van der Waals surface area contributed by atoms with E-state index < -0.39 is 5.97 Å². The van der Waals surface area contributed by atoms with E-state index >= 15 is 0 Å². The van der Waals surface area contributed by atoms with Crippen molar-refractivity contribution in [2.45, 2.75) is 13.5 Å². The van der Waals surface area contributed by atoms with E-state index in [9.17, 15) is 9.59 Å². The standard InChI is InChI=1S/C21H20N2O4/c1-15-19(22-20(27-15)17-11-7-4-8-12-17)21(25)26-14-18(24)23(2)13-16-9-5-3-6-10-16/h3-12H,13-14H2,1-2H3. The Morgan fingerprint density at radius 1 is 1.04 bits per heavy atom. The Kier molecular flexibility index (Phi) is 5.66. The maximum absolute atomic E-state index is 12.3. The molecule has 0 unspecified atom stereocenters. The van der Waals surface area contributed by atoms with Crippen molar-refractivity contribution in [1.82, 2.24) is 9.88 Å². The van der Waals surface area contributed by atoms with Crippen molar-refractivity contribution in [3.63, 3.8) is 0 Å². The van der Waals surface area contributed by atoms with Crippen molar-refractivity contribution in [3.8, 4) is 11.5 Å². The summed E-state index contributed by atoms with van der Waals surface area (Å²) < 4.78 is 10.7. The van der Waals surface area contributed by atoms with E-state index in [-0.39, 0.29) is 18.2 Å². The van der Waals surface area contributed by atoms with Crippen molar-refractivity contribution in [2.75, 3.05) is 13.7 Å². The highest BCUT2D eigenvalue weighted by Gasteiger charge is 2.21. The second-order valence-electron chi connectivity index (χ2n) is 6.10. The zero-order chi connectivity index (χ0) is 19.2. The molecular formula is C21H20N2O4. The van der Waals surface area contributed by atoms with Gasteiger partial charge in [0.1, 0.15) is 5.76 Å². The second kappa shape index (κ2) is 8.31. The molecule has 3 aromatic rings. The van der Waals surface area contributed by atoms with Crippen LogP contribution in [0, 0.1) is 6.92 Å². The Morgan fingerprint density at radius 3 is 2.33 bits per heavy atom. The molecule has 0 aliphatic carbocycles. The summed E-state index contributed by atoms with van der Waals surface area (Å²) in [5.74, 6) is -0.284. The molecule has 0 radical (unpaired) electrons. The van der Waals surface area contributed by atoms with E-state index in [4.69, 9.17) is 9.15 Å². The van der Waals surface area contributed by atoms with E-state index in [1.54, 1.807) is 14.0 Å². The number of carbonyl (C=O) groups is 2. The van der Waals surface area contributed by atoms with Gasteiger partial charge in [-0.15, -0.1) is 0 Å². The molecule has 0 aliphatic heterocycles. The Balaban J connectivity index is 1.59. The number of amides is 1.